The third kappa shape index (κ3) is 9.05. The molecule has 0 radical (unpaired) electrons. The Labute approximate surface area is 214 Å². The summed E-state index contributed by atoms with van der Waals surface area (Å²) in [6.07, 6.45) is 3.53. The van der Waals surface area contributed by atoms with Gasteiger partial charge >= 0.3 is 0 Å². The van der Waals surface area contributed by atoms with Gasteiger partial charge in [0.1, 0.15) is 17.3 Å². The summed E-state index contributed by atoms with van der Waals surface area (Å²) < 4.78 is 21.8. The second-order valence-corrected chi connectivity index (χ2v) is 7.80. The van der Waals surface area contributed by atoms with Gasteiger partial charge in [-0.25, -0.2) is 0 Å². The maximum absolute atomic E-state index is 5.57. The molecule has 0 unspecified atom stereocenters. The monoisotopic (exact) mass is 572 g/mol. The Morgan fingerprint density at radius 2 is 2.00 bits per heavy atom. The second-order valence-electron chi connectivity index (χ2n) is 7.80. The highest BCUT2D eigenvalue weighted by molar-refractivity contribution is 14.0. The van der Waals surface area contributed by atoms with E-state index in [1.54, 1.807) is 20.5 Å². The molecule has 184 valence electrons. The van der Waals surface area contributed by atoms with E-state index in [2.05, 4.69) is 15.1 Å². The van der Waals surface area contributed by atoms with E-state index in [0.717, 1.165) is 87.6 Å². The molecular weight excluding hydrogens is 535 g/mol. The van der Waals surface area contributed by atoms with Crippen LogP contribution >= 0.6 is 24.0 Å². The summed E-state index contributed by atoms with van der Waals surface area (Å²) in [5, 5.41) is 3.49. The van der Waals surface area contributed by atoms with Gasteiger partial charge in [-0.15, -0.1) is 24.0 Å². The smallest absolute Gasteiger partial charge is 0.193 e. The molecule has 1 N–H and O–H groups in total. The molecule has 8 nitrogen and oxygen atoms in total. The number of furan rings is 1. The zero-order valence-corrected chi connectivity index (χ0v) is 22.2. The molecule has 9 heteroatoms. The number of halogens is 1. The van der Waals surface area contributed by atoms with E-state index >= 15 is 0 Å². The number of guanidine groups is 1. The van der Waals surface area contributed by atoms with Crippen LogP contribution in [-0.2, 0) is 17.7 Å². The van der Waals surface area contributed by atoms with Gasteiger partial charge < -0.3 is 28.8 Å². The molecule has 1 aromatic carbocycles. The van der Waals surface area contributed by atoms with Gasteiger partial charge in [0.25, 0.3) is 0 Å². The summed E-state index contributed by atoms with van der Waals surface area (Å²) in [4.78, 5) is 9.46. The van der Waals surface area contributed by atoms with E-state index in [4.69, 9.17) is 23.6 Å². The zero-order valence-electron chi connectivity index (χ0n) is 19.9. The molecule has 1 aliphatic heterocycles. The minimum absolute atomic E-state index is 0. The fourth-order valence-electron chi connectivity index (χ4n) is 3.68. The van der Waals surface area contributed by atoms with E-state index in [0.29, 0.717) is 6.54 Å². The molecule has 0 bridgehead atoms. The van der Waals surface area contributed by atoms with Crippen LogP contribution in [0.15, 0.2) is 46.0 Å². The Bertz CT molecular complexity index is 826. The molecule has 0 saturated carbocycles. The topological polar surface area (TPSA) is 71.7 Å². The van der Waals surface area contributed by atoms with Crippen LogP contribution < -0.4 is 14.8 Å². The first kappa shape index (κ1) is 27.3. The Morgan fingerprint density at radius 3 is 2.70 bits per heavy atom. The number of morpholine rings is 1. The van der Waals surface area contributed by atoms with Crippen LogP contribution in [0.1, 0.15) is 17.7 Å². The van der Waals surface area contributed by atoms with Crippen molar-refractivity contribution in [2.24, 2.45) is 4.99 Å². The van der Waals surface area contributed by atoms with Gasteiger partial charge in [-0.3, -0.25) is 9.89 Å². The lowest BCUT2D eigenvalue weighted by Crippen LogP contribution is -2.40. The van der Waals surface area contributed by atoms with Gasteiger partial charge in [-0.05, 0) is 30.7 Å². The van der Waals surface area contributed by atoms with Crippen LogP contribution in [0.4, 0.5) is 0 Å². The standard InChI is InChI=1S/C24H36N4O4.HI/c1-27(19-20-7-8-22(29-2)18-23(20)30-3)24(26-11-9-21-6-4-15-32-21)25-10-5-12-28-13-16-31-17-14-28;/h4,6-8,15,18H,5,9-14,16-17,19H2,1-3H3,(H,25,26);1H. The van der Waals surface area contributed by atoms with E-state index in [-0.39, 0.29) is 24.0 Å². The van der Waals surface area contributed by atoms with Crippen molar-refractivity contribution in [2.45, 2.75) is 19.4 Å². The molecule has 0 atom stereocenters. The van der Waals surface area contributed by atoms with Crippen molar-refractivity contribution >= 4 is 29.9 Å². The van der Waals surface area contributed by atoms with Crippen molar-refractivity contribution in [1.29, 1.82) is 0 Å². The number of nitrogens with zero attached hydrogens (tertiary/aromatic N) is 3. The highest BCUT2D eigenvalue weighted by Crippen LogP contribution is 2.25. The summed E-state index contributed by atoms with van der Waals surface area (Å²) in [6.45, 7) is 6.91. The maximum atomic E-state index is 5.57. The highest BCUT2D eigenvalue weighted by atomic mass is 127. The third-order valence-electron chi connectivity index (χ3n) is 5.50. The van der Waals surface area contributed by atoms with Crippen LogP contribution in [0.5, 0.6) is 11.5 Å². The lowest BCUT2D eigenvalue weighted by Gasteiger charge is -2.26. The summed E-state index contributed by atoms with van der Waals surface area (Å²) in [7, 11) is 5.39. The third-order valence-corrected chi connectivity index (χ3v) is 5.50. The average Bonchev–Trinajstić information content (AvgIpc) is 3.35. The normalized spacial score (nSPS) is 14.5. The predicted molar refractivity (Wildman–Crippen MR) is 141 cm³/mol. The zero-order chi connectivity index (χ0) is 22.6. The van der Waals surface area contributed by atoms with E-state index in [9.17, 15) is 0 Å². The molecule has 0 aliphatic carbocycles. The van der Waals surface area contributed by atoms with Crippen molar-refractivity contribution in [1.82, 2.24) is 15.1 Å². The average molecular weight is 572 g/mol. The largest absolute Gasteiger partial charge is 0.497 e. The van der Waals surface area contributed by atoms with Gasteiger partial charge in [0.15, 0.2) is 5.96 Å². The first-order chi connectivity index (χ1) is 15.7. The van der Waals surface area contributed by atoms with Crippen molar-refractivity contribution in [3.05, 3.63) is 47.9 Å². The quantitative estimate of drug-likeness (QED) is 0.192. The summed E-state index contributed by atoms with van der Waals surface area (Å²) >= 11 is 0. The number of hydrogen-bond donors (Lipinski definition) is 1. The van der Waals surface area contributed by atoms with Crippen LogP contribution in [0.25, 0.3) is 0 Å². The molecular formula is C24H37IN4O4. The summed E-state index contributed by atoms with van der Waals surface area (Å²) in [6, 6.07) is 9.81. The van der Waals surface area contributed by atoms with Crippen LogP contribution in [-0.4, -0.2) is 83.0 Å². The molecule has 0 amide bonds. The van der Waals surface area contributed by atoms with Crippen molar-refractivity contribution in [3.8, 4) is 11.5 Å². The minimum atomic E-state index is 0. The number of aliphatic imine (C=N–C) groups is 1. The predicted octanol–water partition coefficient (Wildman–Crippen LogP) is 3.26. The minimum Gasteiger partial charge on any atom is -0.497 e. The van der Waals surface area contributed by atoms with Gasteiger partial charge in [0, 0.05) is 64.4 Å². The summed E-state index contributed by atoms with van der Waals surface area (Å²) in [5.41, 5.74) is 1.07. The number of ether oxygens (including phenoxy) is 3. The van der Waals surface area contributed by atoms with E-state index in [1.165, 1.54) is 0 Å². The Balaban J connectivity index is 0.00000385. The van der Waals surface area contributed by atoms with Gasteiger partial charge in [0.2, 0.25) is 0 Å². The number of methoxy groups -OCH3 is 2. The SMILES string of the molecule is COc1ccc(CN(C)C(=NCCCN2CCOCC2)NCCc2ccco2)c(OC)c1.I. The highest BCUT2D eigenvalue weighted by Gasteiger charge is 2.13. The molecule has 1 fully saturated rings. The van der Waals surface area contributed by atoms with E-state index in [1.807, 2.05) is 37.4 Å². The molecule has 0 spiro atoms. The van der Waals surface area contributed by atoms with Crippen LogP contribution in [0, 0.1) is 0 Å². The summed E-state index contributed by atoms with van der Waals surface area (Å²) in [5.74, 6) is 3.42. The Kier molecular flexibility index (Phi) is 12.4. The lowest BCUT2D eigenvalue weighted by atomic mass is 10.2. The van der Waals surface area contributed by atoms with Crippen molar-refractivity contribution < 1.29 is 18.6 Å². The molecule has 1 aromatic heterocycles. The fraction of sp³-hybridized carbons (Fsp3) is 0.542. The first-order valence-electron chi connectivity index (χ1n) is 11.2. The molecule has 1 aliphatic rings. The first-order valence-corrected chi connectivity index (χ1v) is 11.2. The molecule has 1 saturated heterocycles. The van der Waals surface area contributed by atoms with Crippen LogP contribution in [0.2, 0.25) is 0 Å². The second kappa shape index (κ2) is 15.0. The fourth-order valence-corrected chi connectivity index (χ4v) is 3.68. The van der Waals surface area contributed by atoms with Crippen molar-refractivity contribution in [2.75, 3.05) is 67.2 Å². The molecule has 33 heavy (non-hydrogen) atoms. The van der Waals surface area contributed by atoms with Crippen molar-refractivity contribution in [3.63, 3.8) is 0 Å². The van der Waals surface area contributed by atoms with E-state index < -0.39 is 0 Å². The number of nitrogens with one attached hydrogen (secondary N) is 1. The van der Waals surface area contributed by atoms with Crippen LogP contribution in [0.3, 0.4) is 0 Å². The maximum Gasteiger partial charge on any atom is 0.193 e. The lowest BCUT2D eigenvalue weighted by molar-refractivity contribution is 0.0377. The van der Waals surface area contributed by atoms with Gasteiger partial charge in [-0.1, -0.05) is 0 Å². The number of rotatable bonds is 11. The number of hydrogen-bond acceptors (Lipinski definition) is 6. The molecule has 3 rings (SSSR count). The Hall–Kier alpha value is -1.98. The number of benzene rings is 1. The Morgan fingerprint density at radius 1 is 1.18 bits per heavy atom. The molecule has 2 aromatic rings. The van der Waals surface area contributed by atoms with Gasteiger partial charge in [0.05, 0.1) is 33.7 Å². The molecule has 2 heterocycles. The van der Waals surface area contributed by atoms with Gasteiger partial charge in [-0.2, -0.15) is 0 Å².